The van der Waals surface area contributed by atoms with Gasteiger partial charge in [-0.3, -0.25) is 14.8 Å². The summed E-state index contributed by atoms with van der Waals surface area (Å²) in [4.78, 5) is 12.2. The average Bonchev–Trinajstić information content (AvgIpc) is 2.96. The monoisotopic (exact) mass is 401 g/mol. The second-order valence-electron chi connectivity index (χ2n) is 7.03. The maximum Gasteiger partial charge on any atom is 0.206 e. The lowest BCUT2D eigenvalue weighted by Crippen LogP contribution is -2.25. The zero-order valence-electron chi connectivity index (χ0n) is 16.6. The van der Waals surface area contributed by atoms with E-state index in [2.05, 4.69) is 17.5 Å². The number of unbranched alkanes of at least 4 members (excludes halogenated alkanes) is 2. The van der Waals surface area contributed by atoms with Crippen LogP contribution in [0.4, 0.5) is 0 Å². The Hall–Kier alpha value is -2.60. The number of ketones is 1. The number of guanidine groups is 1. The van der Waals surface area contributed by atoms with Gasteiger partial charge in [0.2, 0.25) is 5.96 Å². The third kappa shape index (κ3) is 5.45. The summed E-state index contributed by atoms with van der Waals surface area (Å²) in [6.07, 6.45) is 5.81. The SMILES string of the molecule is CCCCCc1cc(C=NNC(=N)N)n(-c2ccc(C(=O)C(C)C)cc2)c1Cl. The zero-order valence-corrected chi connectivity index (χ0v) is 17.4. The van der Waals surface area contributed by atoms with E-state index in [1.54, 1.807) is 6.21 Å². The first kappa shape index (κ1) is 21.7. The van der Waals surface area contributed by atoms with Crippen LogP contribution in [0.3, 0.4) is 0 Å². The summed E-state index contributed by atoms with van der Waals surface area (Å²) in [5.41, 5.74) is 11.0. The molecule has 1 heterocycles. The van der Waals surface area contributed by atoms with E-state index in [-0.39, 0.29) is 17.7 Å². The number of hydrogen-bond donors (Lipinski definition) is 3. The number of aryl methyl sites for hydroxylation is 1. The molecule has 6 nitrogen and oxygen atoms in total. The summed E-state index contributed by atoms with van der Waals surface area (Å²) < 4.78 is 1.89. The number of carbonyl (C=O) groups is 1. The molecule has 0 radical (unpaired) electrons. The van der Waals surface area contributed by atoms with Gasteiger partial charge >= 0.3 is 0 Å². The maximum absolute atomic E-state index is 12.2. The van der Waals surface area contributed by atoms with Crippen LogP contribution < -0.4 is 11.2 Å². The van der Waals surface area contributed by atoms with Crippen molar-refractivity contribution in [1.82, 2.24) is 9.99 Å². The molecule has 1 aromatic carbocycles. The van der Waals surface area contributed by atoms with Crippen LogP contribution in [-0.2, 0) is 6.42 Å². The predicted octanol–water partition coefficient (Wildman–Crippen LogP) is 4.52. The molecule has 7 heteroatoms. The summed E-state index contributed by atoms with van der Waals surface area (Å²) >= 11 is 6.68. The molecule has 0 aliphatic carbocycles. The molecule has 4 N–H and O–H groups in total. The van der Waals surface area contributed by atoms with Crippen molar-refractivity contribution in [1.29, 1.82) is 5.41 Å². The molecule has 150 valence electrons. The molecule has 0 amide bonds. The highest BCUT2D eigenvalue weighted by Gasteiger charge is 2.15. The largest absolute Gasteiger partial charge is 0.369 e. The highest BCUT2D eigenvalue weighted by atomic mass is 35.5. The Morgan fingerprint density at radius 1 is 1.32 bits per heavy atom. The molecule has 2 aromatic rings. The van der Waals surface area contributed by atoms with Gasteiger partial charge in [-0.05, 0) is 48.7 Å². The third-order valence-electron chi connectivity index (χ3n) is 4.41. The van der Waals surface area contributed by atoms with Crippen LogP contribution in [0.15, 0.2) is 35.4 Å². The first-order valence-electron chi connectivity index (χ1n) is 9.53. The predicted molar refractivity (Wildman–Crippen MR) is 116 cm³/mol. The van der Waals surface area contributed by atoms with Gasteiger partial charge in [0, 0.05) is 17.2 Å². The number of nitrogens with two attached hydrogens (primary N) is 1. The van der Waals surface area contributed by atoms with Crippen molar-refractivity contribution in [2.24, 2.45) is 16.8 Å². The van der Waals surface area contributed by atoms with Crippen molar-refractivity contribution in [3.63, 3.8) is 0 Å². The Morgan fingerprint density at radius 3 is 2.57 bits per heavy atom. The number of hydrazone groups is 1. The highest BCUT2D eigenvalue weighted by molar-refractivity contribution is 6.31. The van der Waals surface area contributed by atoms with E-state index >= 15 is 0 Å². The minimum absolute atomic E-state index is 0.0495. The fourth-order valence-corrected chi connectivity index (χ4v) is 3.28. The summed E-state index contributed by atoms with van der Waals surface area (Å²) in [5.74, 6) is -0.176. The van der Waals surface area contributed by atoms with Gasteiger partial charge in [0.25, 0.3) is 0 Å². The Morgan fingerprint density at radius 2 is 2.00 bits per heavy atom. The first-order valence-corrected chi connectivity index (χ1v) is 9.90. The molecule has 0 unspecified atom stereocenters. The van der Waals surface area contributed by atoms with Crippen molar-refractivity contribution < 1.29 is 4.79 Å². The van der Waals surface area contributed by atoms with Gasteiger partial charge in [-0.25, -0.2) is 5.43 Å². The molecule has 0 saturated carbocycles. The van der Waals surface area contributed by atoms with Gasteiger partial charge in [-0.2, -0.15) is 5.10 Å². The summed E-state index contributed by atoms with van der Waals surface area (Å²) in [6, 6.07) is 9.40. The molecule has 0 aliphatic rings. The highest BCUT2D eigenvalue weighted by Crippen LogP contribution is 2.27. The van der Waals surface area contributed by atoms with Crippen molar-refractivity contribution in [3.05, 3.63) is 52.3 Å². The molecule has 2 rings (SSSR count). The smallest absolute Gasteiger partial charge is 0.206 e. The van der Waals surface area contributed by atoms with Crippen LogP contribution in [0.2, 0.25) is 5.15 Å². The molecular weight excluding hydrogens is 374 g/mol. The van der Waals surface area contributed by atoms with Gasteiger partial charge in [0.15, 0.2) is 5.78 Å². The fourth-order valence-electron chi connectivity index (χ4n) is 2.93. The molecule has 0 saturated heterocycles. The number of halogens is 1. The normalized spacial score (nSPS) is 11.3. The van der Waals surface area contributed by atoms with Gasteiger partial charge in [0.05, 0.1) is 11.9 Å². The Balaban J connectivity index is 2.40. The fraction of sp³-hybridized carbons (Fsp3) is 0.381. The van der Waals surface area contributed by atoms with E-state index in [4.69, 9.17) is 22.7 Å². The third-order valence-corrected chi connectivity index (χ3v) is 4.82. The topological polar surface area (TPSA) is 96.3 Å². The minimum Gasteiger partial charge on any atom is -0.369 e. The maximum atomic E-state index is 12.2. The molecule has 0 spiro atoms. The molecule has 0 bridgehead atoms. The Bertz CT molecular complexity index is 852. The van der Waals surface area contributed by atoms with Crippen LogP contribution in [0, 0.1) is 11.3 Å². The van der Waals surface area contributed by atoms with Crippen molar-refractivity contribution in [2.75, 3.05) is 0 Å². The minimum atomic E-state index is -0.236. The van der Waals surface area contributed by atoms with E-state index in [0.717, 1.165) is 42.6 Å². The quantitative estimate of drug-likeness (QED) is 0.189. The molecule has 0 atom stereocenters. The number of hydrogen-bond acceptors (Lipinski definition) is 3. The van der Waals surface area contributed by atoms with E-state index < -0.39 is 0 Å². The van der Waals surface area contributed by atoms with Crippen LogP contribution >= 0.6 is 11.6 Å². The zero-order chi connectivity index (χ0) is 20.7. The number of nitrogens with one attached hydrogen (secondary N) is 2. The Kier molecular flexibility index (Phi) is 7.81. The number of rotatable bonds is 9. The van der Waals surface area contributed by atoms with Crippen molar-refractivity contribution in [3.8, 4) is 5.69 Å². The summed E-state index contributed by atoms with van der Waals surface area (Å²) in [5, 5.41) is 11.8. The van der Waals surface area contributed by atoms with Gasteiger partial charge in [-0.1, -0.05) is 45.2 Å². The number of Topliss-reactive ketones (excluding diaryl/α,β-unsaturated/α-hetero) is 1. The van der Waals surface area contributed by atoms with Crippen molar-refractivity contribution in [2.45, 2.75) is 46.5 Å². The lowest BCUT2D eigenvalue weighted by atomic mass is 10.0. The Labute approximate surface area is 171 Å². The van der Waals surface area contributed by atoms with E-state index in [1.165, 1.54) is 0 Å². The van der Waals surface area contributed by atoms with Gasteiger partial charge < -0.3 is 5.73 Å². The second-order valence-corrected chi connectivity index (χ2v) is 7.39. The first-order chi connectivity index (χ1) is 13.3. The number of benzene rings is 1. The number of aromatic nitrogens is 1. The second kappa shape index (κ2) is 10.1. The van der Waals surface area contributed by atoms with Gasteiger partial charge in [0.1, 0.15) is 5.15 Å². The molecule has 1 aromatic heterocycles. The van der Waals surface area contributed by atoms with E-state index in [9.17, 15) is 4.79 Å². The summed E-state index contributed by atoms with van der Waals surface area (Å²) in [6.45, 7) is 5.94. The standard InChI is InChI=1S/C21H28ClN5O/c1-4-5-6-7-16-12-18(13-25-26-21(23)24)27(20(16)22)17-10-8-15(9-11-17)19(28)14(2)3/h8-14H,4-7H2,1-3H3,(H4,23,24,26). The van der Waals surface area contributed by atoms with Crippen LogP contribution in [-0.4, -0.2) is 22.5 Å². The summed E-state index contributed by atoms with van der Waals surface area (Å²) in [7, 11) is 0. The lowest BCUT2D eigenvalue weighted by Gasteiger charge is -2.10. The van der Waals surface area contributed by atoms with E-state index in [1.807, 2.05) is 48.7 Å². The molecular formula is C21H28ClN5O. The number of nitrogens with zero attached hydrogens (tertiary/aromatic N) is 2. The van der Waals surface area contributed by atoms with Crippen molar-refractivity contribution >= 4 is 29.6 Å². The molecule has 0 fully saturated rings. The number of carbonyl (C=O) groups excluding carboxylic acids is 1. The van der Waals surface area contributed by atoms with Crippen LogP contribution in [0.1, 0.15) is 61.6 Å². The molecule has 28 heavy (non-hydrogen) atoms. The lowest BCUT2D eigenvalue weighted by molar-refractivity contribution is 0.0939. The van der Waals surface area contributed by atoms with Crippen LogP contribution in [0.25, 0.3) is 5.69 Å². The van der Waals surface area contributed by atoms with Crippen LogP contribution in [0.5, 0.6) is 0 Å². The van der Waals surface area contributed by atoms with Gasteiger partial charge in [-0.15, -0.1) is 0 Å². The van der Waals surface area contributed by atoms with E-state index in [0.29, 0.717) is 10.7 Å². The average molecular weight is 402 g/mol. The molecule has 0 aliphatic heterocycles.